The molecule has 1 aliphatic rings. The Labute approximate surface area is 128 Å². The maximum atomic E-state index is 10.9. The van der Waals surface area contributed by atoms with Crippen LogP contribution in [0.5, 0.6) is 0 Å². The summed E-state index contributed by atoms with van der Waals surface area (Å²) in [5.41, 5.74) is 4.57. The molecular formula is C18H19BrO. The molecule has 1 N–H and O–H groups in total. The first-order chi connectivity index (χ1) is 9.54. The van der Waals surface area contributed by atoms with Crippen molar-refractivity contribution in [2.75, 3.05) is 0 Å². The minimum Gasteiger partial charge on any atom is -0.387 e. The Morgan fingerprint density at radius 2 is 1.70 bits per heavy atom. The summed E-state index contributed by atoms with van der Waals surface area (Å²) in [5.74, 6) is 0. The third-order valence-corrected chi connectivity index (χ3v) is 5.36. The largest absolute Gasteiger partial charge is 0.387 e. The van der Waals surface area contributed by atoms with Gasteiger partial charge in [-0.1, -0.05) is 52.3 Å². The van der Waals surface area contributed by atoms with Gasteiger partial charge < -0.3 is 5.11 Å². The van der Waals surface area contributed by atoms with Crippen LogP contribution >= 0.6 is 15.9 Å². The molecule has 0 heterocycles. The van der Waals surface area contributed by atoms with Gasteiger partial charge in [0, 0.05) is 9.89 Å². The van der Waals surface area contributed by atoms with Crippen molar-refractivity contribution < 1.29 is 5.11 Å². The lowest BCUT2D eigenvalue weighted by Crippen LogP contribution is -2.19. The van der Waals surface area contributed by atoms with Crippen molar-refractivity contribution in [2.24, 2.45) is 0 Å². The van der Waals surface area contributed by atoms with Crippen molar-refractivity contribution in [3.05, 3.63) is 69.2 Å². The number of halogens is 1. The Kier molecular flexibility index (Phi) is 3.47. The van der Waals surface area contributed by atoms with Gasteiger partial charge in [0.25, 0.3) is 0 Å². The van der Waals surface area contributed by atoms with E-state index in [0.717, 1.165) is 28.4 Å². The molecule has 0 aromatic heterocycles. The molecular weight excluding hydrogens is 312 g/mol. The van der Waals surface area contributed by atoms with Gasteiger partial charge >= 0.3 is 0 Å². The van der Waals surface area contributed by atoms with Gasteiger partial charge in [-0.25, -0.2) is 0 Å². The lowest BCUT2D eigenvalue weighted by Gasteiger charge is -2.25. The number of benzene rings is 2. The van der Waals surface area contributed by atoms with E-state index in [1.807, 2.05) is 6.07 Å². The van der Waals surface area contributed by atoms with E-state index >= 15 is 0 Å². The predicted molar refractivity (Wildman–Crippen MR) is 85.9 cm³/mol. The van der Waals surface area contributed by atoms with Gasteiger partial charge in [-0.05, 0) is 55.0 Å². The van der Waals surface area contributed by atoms with Crippen LogP contribution in [0.15, 0.2) is 46.9 Å². The smallest absolute Gasteiger partial charge is 0.0889 e. The molecule has 0 aliphatic heterocycles. The van der Waals surface area contributed by atoms with Crippen LogP contribution in [0.2, 0.25) is 0 Å². The summed E-state index contributed by atoms with van der Waals surface area (Å²) < 4.78 is 1.11. The number of hydrogen-bond acceptors (Lipinski definition) is 1. The van der Waals surface area contributed by atoms with Crippen LogP contribution in [0.3, 0.4) is 0 Å². The van der Waals surface area contributed by atoms with E-state index in [1.54, 1.807) is 0 Å². The molecule has 1 atom stereocenters. The third-order valence-electron chi connectivity index (χ3n) is 4.50. The van der Waals surface area contributed by atoms with E-state index < -0.39 is 6.10 Å². The highest BCUT2D eigenvalue weighted by molar-refractivity contribution is 9.10. The van der Waals surface area contributed by atoms with Crippen molar-refractivity contribution >= 4 is 15.9 Å². The third kappa shape index (κ3) is 2.21. The number of aliphatic hydroxyl groups is 1. The maximum Gasteiger partial charge on any atom is 0.0889 e. The summed E-state index contributed by atoms with van der Waals surface area (Å²) in [6, 6.07) is 14.6. The predicted octanol–water partition coefficient (Wildman–Crippen LogP) is 4.83. The maximum absolute atomic E-state index is 10.9. The number of rotatable bonds is 3. The first kappa shape index (κ1) is 13.8. The summed E-state index contributed by atoms with van der Waals surface area (Å²) in [5, 5.41) is 10.9. The highest BCUT2D eigenvalue weighted by atomic mass is 79.9. The molecule has 0 spiro atoms. The number of aryl methyl sites for hydroxylation is 2. The minimum atomic E-state index is -0.420. The van der Waals surface area contributed by atoms with Gasteiger partial charge in [0.15, 0.2) is 0 Å². The lowest BCUT2D eigenvalue weighted by atomic mass is 9.84. The van der Waals surface area contributed by atoms with Crippen molar-refractivity contribution in [3.8, 4) is 0 Å². The first-order valence-electron chi connectivity index (χ1n) is 7.05. The van der Waals surface area contributed by atoms with Crippen LogP contribution in [0.1, 0.15) is 41.2 Å². The molecule has 1 aliphatic carbocycles. The van der Waals surface area contributed by atoms with Crippen molar-refractivity contribution in [3.63, 3.8) is 0 Å². The molecule has 0 amide bonds. The average Bonchev–Trinajstić information content (AvgIpc) is 3.25. The highest BCUT2D eigenvalue weighted by Gasteiger charge is 2.51. The van der Waals surface area contributed by atoms with Crippen molar-refractivity contribution in [1.82, 2.24) is 0 Å². The summed E-state index contributed by atoms with van der Waals surface area (Å²) in [4.78, 5) is 0. The second-order valence-corrected chi connectivity index (χ2v) is 6.74. The number of hydrogen-bond donors (Lipinski definition) is 1. The van der Waals surface area contributed by atoms with Gasteiger partial charge in [-0.3, -0.25) is 0 Å². The molecule has 0 saturated heterocycles. The Balaban J connectivity index is 2.01. The zero-order chi connectivity index (χ0) is 14.3. The minimum absolute atomic E-state index is 0.0771. The monoisotopic (exact) mass is 330 g/mol. The standard InChI is InChI=1S/C18H19BrO/c1-12-11-16(19)13(2)10-15(12)17(20)18(8-9-18)14-6-4-3-5-7-14/h3-7,10-11,17,20H,8-9H2,1-2H3. The van der Waals surface area contributed by atoms with E-state index in [-0.39, 0.29) is 5.41 Å². The van der Waals surface area contributed by atoms with Crippen LogP contribution in [0.25, 0.3) is 0 Å². The second-order valence-electron chi connectivity index (χ2n) is 5.88. The van der Waals surface area contributed by atoms with Crippen LogP contribution < -0.4 is 0 Å². The Morgan fingerprint density at radius 1 is 1.05 bits per heavy atom. The van der Waals surface area contributed by atoms with E-state index in [9.17, 15) is 5.11 Å². The van der Waals surface area contributed by atoms with Crippen molar-refractivity contribution in [1.29, 1.82) is 0 Å². The molecule has 0 bridgehead atoms. The van der Waals surface area contributed by atoms with E-state index in [2.05, 4.69) is 66.2 Å². The molecule has 20 heavy (non-hydrogen) atoms. The van der Waals surface area contributed by atoms with Crippen molar-refractivity contribution in [2.45, 2.75) is 38.2 Å². The molecule has 1 nitrogen and oxygen atoms in total. The van der Waals surface area contributed by atoms with E-state index in [4.69, 9.17) is 0 Å². The van der Waals surface area contributed by atoms with Gasteiger partial charge in [0.1, 0.15) is 0 Å². The van der Waals surface area contributed by atoms with Gasteiger partial charge in [-0.15, -0.1) is 0 Å². The topological polar surface area (TPSA) is 20.2 Å². The SMILES string of the molecule is Cc1cc(C(O)C2(c3ccccc3)CC2)c(C)cc1Br. The molecule has 3 rings (SSSR count). The van der Waals surface area contributed by atoms with E-state index in [1.165, 1.54) is 11.1 Å². The van der Waals surface area contributed by atoms with E-state index in [0.29, 0.717) is 0 Å². The van der Waals surface area contributed by atoms with Gasteiger partial charge in [0.2, 0.25) is 0 Å². The molecule has 0 radical (unpaired) electrons. The number of aliphatic hydroxyl groups excluding tert-OH is 1. The first-order valence-corrected chi connectivity index (χ1v) is 7.84. The Bertz CT molecular complexity index is 629. The summed E-state index contributed by atoms with van der Waals surface area (Å²) >= 11 is 3.56. The summed E-state index contributed by atoms with van der Waals surface area (Å²) in [6.07, 6.45) is 1.70. The summed E-state index contributed by atoms with van der Waals surface area (Å²) in [7, 11) is 0. The molecule has 1 saturated carbocycles. The fourth-order valence-corrected chi connectivity index (χ4v) is 3.48. The summed E-state index contributed by atoms with van der Waals surface area (Å²) in [6.45, 7) is 4.14. The lowest BCUT2D eigenvalue weighted by molar-refractivity contribution is 0.132. The van der Waals surface area contributed by atoms with Crippen LogP contribution in [0.4, 0.5) is 0 Å². The molecule has 2 heteroatoms. The molecule has 2 aromatic carbocycles. The normalized spacial score (nSPS) is 17.8. The van der Waals surface area contributed by atoms with Crippen LogP contribution in [0, 0.1) is 13.8 Å². The molecule has 1 unspecified atom stereocenters. The Morgan fingerprint density at radius 3 is 2.30 bits per heavy atom. The highest BCUT2D eigenvalue weighted by Crippen LogP contribution is 2.57. The molecule has 104 valence electrons. The van der Waals surface area contributed by atoms with Crippen LogP contribution in [-0.2, 0) is 5.41 Å². The average molecular weight is 331 g/mol. The molecule has 1 fully saturated rings. The zero-order valence-corrected chi connectivity index (χ0v) is 13.4. The van der Waals surface area contributed by atoms with Gasteiger partial charge in [0.05, 0.1) is 6.10 Å². The molecule has 2 aromatic rings. The fourth-order valence-electron chi connectivity index (χ4n) is 3.02. The fraction of sp³-hybridized carbons (Fsp3) is 0.333. The Hall–Kier alpha value is -1.12. The quantitative estimate of drug-likeness (QED) is 0.854. The second kappa shape index (κ2) is 5.01. The van der Waals surface area contributed by atoms with Gasteiger partial charge in [-0.2, -0.15) is 0 Å². The van der Waals surface area contributed by atoms with Crippen LogP contribution in [-0.4, -0.2) is 5.11 Å². The zero-order valence-electron chi connectivity index (χ0n) is 11.9.